The molecule has 0 radical (unpaired) electrons. The molecule has 0 aliphatic rings. The number of hydrogen-bond acceptors (Lipinski definition) is 3. The van der Waals surface area contributed by atoms with E-state index in [4.69, 9.17) is 0 Å². The molecule has 0 unspecified atom stereocenters. The zero-order chi connectivity index (χ0) is 13.2. The molecule has 6 heteroatoms. The first-order chi connectivity index (χ1) is 9.22. The van der Waals surface area contributed by atoms with Gasteiger partial charge in [0.05, 0.1) is 18.4 Å². The molecule has 0 saturated heterocycles. The third-order valence-electron chi connectivity index (χ3n) is 2.84. The largest absolute Gasteiger partial charge is 0.267 e. The minimum absolute atomic E-state index is 0.287. The number of halogens is 1. The van der Waals surface area contributed by atoms with Gasteiger partial charge in [0.1, 0.15) is 11.5 Å². The molecule has 1 aromatic carbocycles. The van der Waals surface area contributed by atoms with Crippen molar-refractivity contribution in [2.75, 3.05) is 0 Å². The minimum Gasteiger partial charge on any atom is -0.267 e. The maximum absolute atomic E-state index is 13.3. The smallest absolute Gasteiger partial charge is 0.125 e. The maximum atomic E-state index is 13.3. The van der Waals surface area contributed by atoms with E-state index in [2.05, 4.69) is 15.4 Å². The minimum atomic E-state index is -0.287. The first-order valence-electron chi connectivity index (χ1n) is 5.87. The van der Waals surface area contributed by atoms with E-state index in [9.17, 15) is 4.39 Å². The molecule has 0 saturated carbocycles. The Morgan fingerprint density at radius 1 is 1.32 bits per heavy atom. The Bertz CT molecular complexity index is 687. The number of hydrogen-bond donors (Lipinski definition) is 0. The Hall–Kier alpha value is -2.50. The van der Waals surface area contributed by atoms with Crippen LogP contribution in [0.1, 0.15) is 11.3 Å². The van der Waals surface area contributed by atoms with Gasteiger partial charge in [0.2, 0.25) is 0 Å². The highest BCUT2D eigenvalue weighted by molar-refractivity contribution is 5.39. The van der Waals surface area contributed by atoms with E-state index in [0.29, 0.717) is 12.2 Å². The van der Waals surface area contributed by atoms with E-state index in [1.807, 2.05) is 19.2 Å². The molecule has 0 bridgehead atoms. The topological polar surface area (TPSA) is 48.5 Å². The molecule has 0 fully saturated rings. The summed E-state index contributed by atoms with van der Waals surface area (Å²) in [6.07, 6.45) is 5.34. The van der Waals surface area contributed by atoms with E-state index in [1.165, 1.54) is 12.1 Å². The van der Waals surface area contributed by atoms with Crippen LogP contribution in [0.25, 0.3) is 5.69 Å². The summed E-state index contributed by atoms with van der Waals surface area (Å²) in [7, 11) is 0. The number of benzene rings is 1. The van der Waals surface area contributed by atoms with Crippen LogP contribution < -0.4 is 0 Å². The second-order valence-corrected chi connectivity index (χ2v) is 4.29. The lowest BCUT2D eigenvalue weighted by Crippen LogP contribution is -2.00. The summed E-state index contributed by atoms with van der Waals surface area (Å²) in [4.78, 5) is 0. The predicted octanol–water partition coefficient (Wildman–Crippen LogP) is 1.96. The fourth-order valence-electron chi connectivity index (χ4n) is 1.88. The van der Waals surface area contributed by atoms with Gasteiger partial charge in [-0.25, -0.2) is 9.07 Å². The van der Waals surface area contributed by atoms with Crippen LogP contribution in [-0.2, 0) is 6.54 Å². The molecule has 0 spiro atoms. The Morgan fingerprint density at radius 3 is 3.00 bits per heavy atom. The van der Waals surface area contributed by atoms with Crippen LogP contribution in [0.3, 0.4) is 0 Å². The maximum Gasteiger partial charge on any atom is 0.125 e. The second kappa shape index (κ2) is 4.64. The first-order valence-corrected chi connectivity index (χ1v) is 5.87. The van der Waals surface area contributed by atoms with E-state index in [0.717, 1.165) is 11.3 Å². The van der Waals surface area contributed by atoms with Crippen molar-refractivity contribution in [1.29, 1.82) is 0 Å². The van der Waals surface area contributed by atoms with Gasteiger partial charge in [-0.3, -0.25) is 4.68 Å². The SMILES string of the molecule is Cc1ccc(F)cc1-n1cc(Cn2cccn2)nn1. The molecule has 0 aliphatic carbocycles. The van der Waals surface area contributed by atoms with Crippen LogP contribution in [0.5, 0.6) is 0 Å². The van der Waals surface area contributed by atoms with Crippen molar-refractivity contribution < 1.29 is 4.39 Å². The molecular weight excluding hydrogens is 245 g/mol. The van der Waals surface area contributed by atoms with Crippen LogP contribution in [0.2, 0.25) is 0 Å². The van der Waals surface area contributed by atoms with Crippen molar-refractivity contribution in [3.8, 4) is 5.69 Å². The summed E-state index contributed by atoms with van der Waals surface area (Å²) in [5.74, 6) is -0.287. The van der Waals surface area contributed by atoms with Gasteiger partial charge < -0.3 is 0 Å². The Morgan fingerprint density at radius 2 is 2.21 bits per heavy atom. The molecule has 0 aliphatic heterocycles. The van der Waals surface area contributed by atoms with Gasteiger partial charge in [0.15, 0.2) is 0 Å². The van der Waals surface area contributed by atoms with E-state index in [-0.39, 0.29) is 5.82 Å². The molecule has 2 heterocycles. The van der Waals surface area contributed by atoms with Gasteiger partial charge in [-0.05, 0) is 30.7 Å². The molecule has 0 amide bonds. The van der Waals surface area contributed by atoms with E-state index >= 15 is 0 Å². The number of aryl methyl sites for hydroxylation is 1. The van der Waals surface area contributed by atoms with Crippen molar-refractivity contribution >= 4 is 0 Å². The summed E-state index contributed by atoms with van der Waals surface area (Å²) in [5, 5.41) is 12.2. The molecular formula is C13H12FN5. The third-order valence-corrected chi connectivity index (χ3v) is 2.84. The summed E-state index contributed by atoms with van der Waals surface area (Å²) < 4.78 is 16.6. The molecule has 0 N–H and O–H groups in total. The summed E-state index contributed by atoms with van der Waals surface area (Å²) >= 11 is 0. The number of nitrogens with zero attached hydrogens (tertiary/aromatic N) is 5. The molecule has 5 nitrogen and oxygen atoms in total. The van der Waals surface area contributed by atoms with Gasteiger partial charge in [-0.1, -0.05) is 11.3 Å². The molecule has 3 rings (SSSR count). The summed E-state index contributed by atoms with van der Waals surface area (Å²) in [6, 6.07) is 6.45. The quantitative estimate of drug-likeness (QED) is 0.720. The Kier molecular flexibility index (Phi) is 2.83. The lowest BCUT2D eigenvalue weighted by atomic mass is 10.2. The standard InChI is InChI=1S/C13H12FN5/c1-10-3-4-11(14)7-13(10)19-9-12(16-17-19)8-18-6-2-5-15-18/h2-7,9H,8H2,1H3. The van der Waals surface area contributed by atoms with Crippen LogP contribution in [-0.4, -0.2) is 24.8 Å². The number of aromatic nitrogens is 5. The lowest BCUT2D eigenvalue weighted by molar-refractivity contribution is 0.624. The van der Waals surface area contributed by atoms with Gasteiger partial charge >= 0.3 is 0 Å². The zero-order valence-corrected chi connectivity index (χ0v) is 10.4. The average Bonchev–Trinajstić information content (AvgIpc) is 3.04. The number of rotatable bonds is 3. The molecule has 3 aromatic rings. The lowest BCUT2D eigenvalue weighted by Gasteiger charge is -2.04. The third kappa shape index (κ3) is 2.37. The Balaban J connectivity index is 1.90. The molecule has 96 valence electrons. The van der Waals surface area contributed by atoms with Gasteiger partial charge in [-0.15, -0.1) is 5.10 Å². The highest BCUT2D eigenvalue weighted by Gasteiger charge is 2.07. The van der Waals surface area contributed by atoms with E-state index in [1.54, 1.807) is 27.8 Å². The first kappa shape index (κ1) is 11.6. The van der Waals surface area contributed by atoms with Gasteiger partial charge in [-0.2, -0.15) is 5.10 Å². The monoisotopic (exact) mass is 257 g/mol. The van der Waals surface area contributed by atoms with Gasteiger partial charge in [0, 0.05) is 12.4 Å². The molecule has 0 atom stereocenters. The van der Waals surface area contributed by atoms with Crippen molar-refractivity contribution in [3.63, 3.8) is 0 Å². The van der Waals surface area contributed by atoms with Crippen molar-refractivity contribution in [3.05, 3.63) is 59.9 Å². The highest BCUT2D eigenvalue weighted by atomic mass is 19.1. The summed E-state index contributed by atoms with van der Waals surface area (Å²) in [5.41, 5.74) is 2.41. The van der Waals surface area contributed by atoms with Crippen molar-refractivity contribution in [1.82, 2.24) is 24.8 Å². The fraction of sp³-hybridized carbons (Fsp3) is 0.154. The van der Waals surface area contributed by atoms with Crippen LogP contribution in [0.4, 0.5) is 4.39 Å². The zero-order valence-electron chi connectivity index (χ0n) is 10.4. The van der Waals surface area contributed by atoms with Crippen LogP contribution in [0, 0.1) is 12.7 Å². The van der Waals surface area contributed by atoms with Crippen molar-refractivity contribution in [2.45, 2.75) is 13.5 Å². The molecule has 19 heavy (non-hydrogen) atoms. The predicted molar refractivity (Wildman–Crippen MR) is 67.4 cm³/mol. The average molecular weight is 257 g/mol. The van der Waals surface area contributed by atoms with Crippen LogP contribution in [0.15, 0.2) is 42.9 Å². The summed E-state index contributed by atoms with van der Waals surface area (Å²) in [6.45, 7) is 2.45. The molecule has 2 aromatic heterocycles. The van der Waals surface area contributed by atoms with E-state index < -0.39 is 0 Å². The highest BCUT2D eigenvalue weighted by Crippen LogP contribution is 2.14. The normalized spacial score (nSPS) is 10.8. The fourth-order valence-corrected chi connectivity index (χ4v) is 1.88. The second-order valence-electron chi connectivity index (χ2n) is 4.29. The van der Waals surface area contributed by atoms with Gasteiger partial charge in [0.25, 0.3) is 0 Å². The van der Waals surface area contributed by atoms with Crippen molar-refractivity contribution in [2.24, 2.45) is 0 Å². The Labute approximate surface area is 109 Å². The van der Waals surface area contributed by atoms with Crippen LogP contribution >= 0.6 is 0 Å².